The summed E-state index contributed by atoms with van der Waals surface area (Å²) >= 11 is 0. The van der Waals surface area contributed by atoms with Crippen molar-refractivity contribution in [1.82, 2.24) is 30.1 Å². The van der Waals surface area contributed by atoms with E-state index in [1.165, 1.54) is 10.9 Å². The van der Waals surface area contributed by atoms with Gasteiger partial charge < -0.3 is 10.4 Å². The van der Waals surface area contributed by atoms with Crippen LogP contribution in [-0.4, -0.2) is 41.8 Å². The molecule has 1 amide bonds. The number of carboxylic acids is 1. The Bertz CT molecular complexity index is 577. The van der Waals surface area contributed by atoms with Gasteiger partial charge in [-0.2, -0.15) is 5.10 Å². The van der Waals surface area contributed by atoms with Crippen LogP contribution in [0, 0.1) is 0 Å². The standard InChI is InChI=1S/C11H14N6O3/c18-10(2-5-16-4-1-3-13-16)12-6-9-7-17(15-14-9)8-11(19)20/h1,3-4,7H,2,5-6,8H2,(H,12,18)(H,19,20). The normalized spacial score (nSPS) is 10.4. The topological polar surface area (TPSA) is 115 Å². The summed E-state index contributed by atoms with van der Waals surface area (Å²) < 4.78 is 2.87. The van der Waals surface area contributed by atoms with Crippen molar-refractivity contribution in [2.45, 2.75) is 26.1 Å². The van der Waals surface area contributed by atoms with E-state index < -0.39 is 5.97 Å². The highest BCUT2D eigenvalue weighted by Crippen LogP contribution is 1.94. The highest BCUT2D eigenvalue weighted by Gasteiger charge is 2.06. The highest BCUT2D eigenvalue weighted by molar-refractivity contribution is 5.75. The maximum absolute atomic E-state index is 11.6. The fourth-order valence-electron chi connectivity index (χ4n) is 1.56. The molecule has 9 nitrogen and oxygen atoms in total. The molecule has 0 spiro atoms. The number of nitrogens with zero attached hydrogens (tertiary/aromatic N) is 5. The Morgan fingerprint density at radius 1 is 1.35 bits per heavy atom. The van der Waals surface area contributed by atoms with Crippen molar-refractivity contribution in [2.75, 3.05) is 0 Å². The number of carboxylic acid groups (broad SMARTS) is 1. The Kier molecular flexibility index (Phi) is 4.43. The summed E-state index contributed by atoms with van der Waals surface area (Å²) in [4.78, 5) is 22.1. The van der Waals surface area contributed by atoms with Crippen molar-refractivity contribution in [3.05, 3.63) is 30.4 Å². The fraction of sp³-hybridized carbons (Fsp3) is 0.364. The van der Waals surface area contributed by atoms with Gasteiger partial charge in [-0.25, -0.2) is 4.68 Å². The summed E-state index contributed by atoms with van der Waals surface area (Å²) in [5.41, 5.74) is 0.513. The van der Waals surface area contributed by atoms with Crippen molar-refractivity contribution in [3.63, 3.8) is 0 Å². The van der Waals surface area contributed by atoms with E-state index in [1.807, 2.05) is 0 Å². The molecule has 0 atom stereocenters. The molecule has 0 aliphatic rings. The third-order valence-corrected chi connectivity index (χ3v) is 2.48. The molecule has 9 heteroatoms. The van der Waals surface area contributed by atoms with Crippen molar-refractivity contribution >= 4 is 11.9 Å². The first-order chi connectivity index (χ1) is 9.63. The lowest BCUT2D eigenvalue weighted by Gasteiger charge is -2.03. The number of carbonyl (C=O) groups excluding carboxylic acids is 1. The van der Waals surface area contributed by atoms with E-state index >= 15 is 0 Å². The third kappa shape index (κ3) is 4.19. The third-order valence-electron chi connectivity index (χ3n) is 2.48. The molecule has 0 unspecified atom stereocenters. The van der Waals surface area contributed by atoms with Gasteiger partial charge in [-0.1, -0.05) is 5.21 Å². The van der Waals surface area contributed by atoms with Gasteiger partial charge in [-0.3, -0.25) is 14.3 Å². The predicted molar refractivity (Wildman–Crippen MR) is 66.3 cm³/mol. The van der Waals surface area contributed by atoms with Gasteiger partial charge in [0.15, 0.2) is 0 Å². The van der Waals surface area contributed by atoms with E-state index in [2.05, 4.69) is 20.7 Å². The summed E-state index contributed by atoms with van der Waals surface area (Å²) in [6.07, 6.45) is 5.23. The van der Waals surface area contributed by atoms with Crippen molar-refractivity contribution in [3.8, 4) is 0 Å². The summed E-state index contributed by atoms with van der Waals surface area (Å²) in [7, 11) is 0. The van der Waals surface area contributed by atoms with Crippen molar-refractivity contribution < 1.29 is 14.7 Å². The van der Waals surface area contributed by atoms with Gasteiger partial charge in [-0.05, 0) is 6.07 Å². The van der Waals surface area contributed by atoms with Crippen LogP contribution in [0.2, 0.25) is 0 Å². The average molecular weight is 278 g/mol. The highest BCUT2D eigenvalue weighted by atomic mass is 16.4. The predicted octanol–water partition coefficient (Wildman–Crippen LogP) is -0.734. The minimum absolute atomic E-state index is 0.131. The molecule has 2 aromatic rings. The number of hydrogen-bond donors (Lipinski definition) is 2. The van der Waals surface area contributed by atoms with E-state index in [-0.39, 0.29) is 19.0 Å². The number of amides is 1. The van der Waals surface area contributed by atoms with Crippen LogP contribution in [0.15, 0.2) is 24.7 Å². The molecule has 106 valence electrons. The van der Waals surface area contributed by atoms with Crippen molar-refractivity contribution in [2.24, 2.45) is 0 Å². The van der Waals surface area contributed by atoms with E-state index in [1.54, 1.807) is 23.1 Å². The number of aliphatic carboxylic acids is 1. The lowest BCUT2D eigenvalue weighted by atomic mass is 10.4. The zero-order valence-electron chi connectivity index (χ0n) is 10.6. The smallest absolute Gasteiger partial charge is 0.325 e. The van der Waals surface area contributed by atoms with Crippen LogP contribution in [0.4, 0.5) is 0 Å². The first kappa shape index (κ1) is 13.7. The molecule has 2 rings (SSSR count). The number of carbonyl (C=O) groups is 2. The Balaban J connectivity index is 1.72. The van der Waals surface area contributed by atoms with Gasteiger partial charge in [0.05, 0.1) is 12.7 Å². The largest absolute Gasteiger partial charge is 0.480 e. The molecule has 0 saturated carbocycles. The van der Waals surface area contributed by atoms with Gasteiger partial charge in [0.1, 0.15) is 12.2 Å². The lowest BCUT2D eigenvalue weighted by molar-refractivity contribution is -0.138. The monoisotopic (exact) mass is 278 g/mol. The Morgan fingerprint density at radius 3 is 2.90 bits per heavy atom. The van der Waals surface area contributed by atoms with Crippen LogP contribution < -0.4 is 5.32 Å². The maximum Gasteiger partial charge on any atom is 0.325 e. The minimum atomic E-state index is -0.996. The van der Waals surface area contributed by atoms with Gasteiger partial charge in [0.2, 0.25) is 5.91 Å². The number of aryl methyl sites for hydroxylation is 1. The van der Waals surface area contributed by atoms with E-state index in [0.717, 1.165) is 0 Å². The number of nitrogens with one attached hydrogen (secondary N) is 1. The van der Waals surface area contributed by atoms with Crippen LogP contribution in [-0.2, 0) is 29.2 Å². The number of rotatable bonds is 7. The van der Waals surface area contributed by atoms with Crippen LogP contribution in [0.25, 0.3) is 0 Å². The van der Waals surface area contributed by atoms with Crippen LogP contribution in [0.5, 0.6) is 0 Å². The molecule has 0 aliphatic carbocycles. The maximum atomic E-state index is 11.6. The lowest BCUT2D eigenvalue weighted by Crippen LogP contribution is -2.24. The quantitative estimate of drug-likeness (QED) is 0.689. The minimum Gasteiger partial charge on any atom is -0.480 e. The zero-order valence-corrected chi connectivity index (χ0v) is 10.6. The molecule has 2 heterocycles. The molecule has 2 aromatic heterocycles. The SMILES string of the molecule is O=C(O)Cn1cc(CNC(=O)CCn2cccn2)nn1. The van der Waals surface area contributed by atoms with E-state index in [9.17, 15) is 9.59 Å². The molecule has 0 bridgehead atoms. The molecule has 0 saturated heterocycles. The van der Waals surface area contributed by atoms with E-state index in [4.69, 9.17) is 5.11 Å². The fourth-order valence-corrected chi connectivity index (χ4v) is 1.56. The zero-order chi connectivity index (χ0) is 14.4. The van der Waals surface area contributed by atoms with Crippen LogP contribution in [0.1, 0.15) is 12.1 Å². The second-order valence-electron chi connectivity index (χ2n) is 4.10. The Morgan fingerprint density at radius 2 is 2.20 bits per heavy atom. The molecule has 0 radical (unpaired) electrons. The first-order valence-electron chi connectivity index (χ1n) is 5.98. The molecule has 0 aromatic carbocycles. The molecule has 2 N–H and O–H groups in total. The number of aromatic nitrogens is 5. The van der Waals surface area contributed by atoms with Gasteiger partial charge in [0, 0.05) is 25.4 Å². The van der Waals surface area contributed by atoms with Gasteiger partial charge in [-0.15, -0.1) is 5.10 Å². The van der Waals surface area contributed by atoms with E-state index in [0.29, 0.717) is 18.7 Å². The van der Waals surface area contributed by atoms with Crippen LogP contribution in [0.3, 0.4) is 0 Å². The second-order valence-corrected chi connectivity index (χ2v) is 4.10. The molecular weight excluding hydrogens is 264 g/mol. The average Bonchev–Trinajstić information content (AvgIpc) is 3.04. The summed E-state index contributed by atoms with van der Waals surface area (Å²) in [6, 6.07) is 1.79. The summed E-state index contributed by atoms with van der Waals surface area (Å²) in [6.45, 7) is 0.475. The first-order valence-corrected chi connectivity index (χ1v) is 5.98. The molecule has 20 heavy (non-hydrogen) atoms. The summed E-state index contributed by atoms with van der Waals surface area (Å²) in [5, 5.41) is 22.7. The molecule has 0 fully saturated rings. The van der Waals surface area contributed by atoms with Crippen LogP contribution >= 0.6 is 0 Å². The number of hydrogen-bond acceptors (Lipinski definition) is 5. The summed E-state index contributed by atoms with van der Waals surface area (Å²) in [5.74, 6) is -1.13. The molecular formula is C11H14N6O3. The van der Waals surface area contributed by atoms with Gasteiger partial charge >= 0.3 is 5.97 Å². The molecule has 0 aliphatic heterocycles. The van der Waals surface area contributed by atoms with Crippen molar-refractivity contribution in [1.29, 1.82) is 0 Å². The Hall–Kier alpha value is -2.71. The Labute approximate surface area is 114 Å². The van der Waals surface area contributed by atoms with Gasteiger partial charge in [0.25, 0.3) is 0 Å². The second kappa shape index (κ2) is 6.45.